The minimum atomic E-state index is -3.56. The molecule has 43 heavy (non-hydrogen) atoms. The van der Waals surface area contributed by atoms with Crippen LogP contribution in [-0.2, 0) is 45.5 Å². The van der Waals surface area contributed by atoms with E-state index in [0.29, 0.717) is 31.0 Å². The number of rotatable bonds is 14. The highest BCUT2D eigenvalue weighted by atomic mass is 35.5. The first-order chi connectivity index (χ1) is 20.7. The molecule has 4 rings (SSSR count). The van der Waals surface area contributed by atoms with Crippen molar-refractivity contribution in [3.8, 4) is 0 Å². The standard InChI is InChI=1S/C34H36ClN3O4S/c1-2-37-43(41,42)31-20-15-26(16-21-31)17-22-33(39)38(25-29-13-18-30(35)19-14-29)32(23-27-9-5-3-6-10-27)34(40)36-24-28-11-7-4-8-12-28/h3-16,18-21,32,37H,2,17,22-25H2,1H3,(H,36,40)/t32-/m0/s1. The molecule has 0 heterocycles. The highest BCUT2D eigenvalue weighted by Gasteiger charge is 2.30. The first-order valence-corrected chi connectivity index (χ1v) is 16.1. The minimum Gasteiger partial charge on any atom is -0.350 e. The number of benzene rings is 4. The topological polar surface area (TPSA) is 95.6 Å². The Kier molecular flexibility index (Phi) is 11.5. The van der Waals surface area contributed by atoms with Crippen LogP contribution in [0.2, 0.25) is 5.02 Å². The van der Waals surface area contributed by atoms with E-state index >= 15 is 0 Å². The highest BCUT2D eigenvalue weighted by molar-refractivity contribution is 7.89. The number of nitrogens with zero attached hydrogens (tertiary/aromatic N) is 1. The van der Waals surface area contributed by atoms with Gasteiger partial charge in [0.2, 0.25) is 21.8 Å². The number of sulfonamides is 1. The lowest BCUT2D eigenvalue weighted by Crippen LogP contribution is -2.50. The van der Waals surface area contributed by atoms with Crippen LogP contribution in [-0.4, -0.2) is 37.7 Å². The van der Waals surface area contributed by atoms with Crippen molar-refractivity contribution in [2.75, 3.05) is 6.54 Å². The largest absolute Gasteiger partial charge is 0.350 e. The molecule has 0 aliphatic carbocycles. The van der Waals surface area contributed by atoms with Crippen LogP contribution in [0, 0.1) is 0 Å². The number of carbonyl (C=O) groups is 2. The summed E-state index contributed by atoms with van der Waals surface area (Å²) in [4.78, 5) is 29.5. The molecule has 7 nitrogen and oxygen atoms in total. The highest BCUT2D eigenvalue weighted by Crippen LogP contribution is 2.19. The maximum Gasteiger partial charge on any atom is 0.243 e. The summed E-state index contributed by atoms with van der Waals surface area (Å²) in [5.41, 5.74) is 3.58. The molecule has 0 fully saturated rings. The molecule has 0 radical (unpaired) electrons. The molecule has 2 amide bonds. The molecule has 0 aliphatic rings. The minimum absolute atomic E-state index is 0.143. The lowest BCUT2D eigenvalue weighted by molar-refractivity contribution is -0.141. The molecule has 4 aromatic carbocycles. The van der Waals surface area contributed by atoms with E-state index in [1.807, 2.05) is 72.8 Å². The Morgan fingerprint density at radius 1 is 0.767 bits per heavy atom. The van der Waals surface area contributed by atoms with Crippen LogP contribution in [0.4, 0.5) is 0 Å². The van der Waals surface area contributed by atoms with Gasteiger partial charge in [0.1, 0.15) is 6.04 Å². The number of amides is 2. The Morgan fingerprint density at radius 3 is 1.95 bits per heavy atom. The van der Waals surface area contributed by atoms with Crippen LogP contribution in [0.15, 0.2) is 114 Å². The molecule has 0 saturated carbocycles. The van der Waals surface area contributed by atoms with Gasteiger partial charge in [-0.3, -0.25) is 9.59 Å². The van der Waals surface area contributed by atoms with Crippen LogP contribution in [0.25, 0.3) is 0 Å². The average Bonchev–Trinajstić information content (AvgIpc) is 3.02. The van der Waals surface area contributed by atoms with Crippen molar-refractivity contribution in [3.63, 3.8) is 0 Å². The van der Waals surface area contributed by atoms with Gasteiger partial charge in [0.15, 0.2) is 0 Å². The molecular weight excluding hydrogens is 582 g/mol. The van der Waals surface area contributed by atoms with Crippen LogP contribution >= 0.6 is 11.6 Å². The molecule has 0 bridgehead atoms. The van der Waals surface area contributed by atoms with Crippen LogP contribution < -0.4 is 10.0 Å². The third-order valence-electron chi connectivity index (χ3n) is 7.04. The van der Waals surface area contributed by atoms with Gasteiger partial charge >= 0.3 is 0 Å². The Hall–Kier alpha value is -3.98. The van der Waals surface area contributed by atoms with E-state index in [9.17, 15) is 18.0 Å². The first kappa shape index (κ1) is 31.9. The van der Waals surface area contributed by atoms with Gasteiger partial charge in [0.25, 0.3) is 0 Å². The summed E-state index contributed by atoms with van der Waals surface area (Å²) in [6.45, 7) is 2.59. The second kappa shape index (κ2) is 15.5. The predicted molar refractivity (Wildman–Crippen MR) is 170 cm³/mol. The zero-order chi connectivity index (χ0) is 30.7. The van der Waals surface area contributed by atoms with Crippen molar-refractivity contribution >= 4 is 33.4 Å². The van der Waals surface area contributed by atoms with E-state index in [-0.39, 0.29) is 29.7 Å². The fourth-order valence-corrected chi connectivity index (χ4v) is 5.91. The van der Waals surface area contributed by atoms with Crippen LogP contribution in [0.3, 0.4) is 0 Å². The molecule has 224 valence electrons. The maximum atomic E-state index is 13.9. The normalized spacial score (nSPS) is 12.0. The second-order valence-corrected chi connectivity index (χ2v) is 12.4. The smallest absolute Gasteiger partial charge is 0.243 e. The zero-order valence-electron chi connectivity index (χ0n) is 24.1. The molecule has 0 aliphatic heterocycles. The van der Waals surface area contributed by atoms with Gasteiger partial charge in [0.05, 0.1) is 4.90 Å². The second-order valence-electron chi connectivity index (χ2n) is 10.2. The first-order valence-electron chi connectivity index (χ1n) is 14.2. The Morgan fingerprint density at radius 2 is 1.35 bits per heavy atom. The number of nitrogens with one attached hydrogen (secondary N) is 2. The van der Waals surface area contributed by atoms with Gasteiger partial charge in [-0.2, -0.15) is 0 Å². The molecule has 4 aromatic rings. The predicted octanol–water partition coefficient (Wildman–Crippen LogP) is 5.53. The lowest BCUT2D eigenvalue weighted by Gasteiger charge is -2.32. The van der Waals surface area contributed by atoms with E-state index in [0.717, 1.165) is 22.3 Å². The Balaban J connectivity index is 1.58. The van der Waals surface area contributed by atoms with Crippen molar-refractivity contribution in [3.05, 3.63) is 136 Å². The van der Waals surface area contributed by atoms with Crippen molar-refractivity contribution in [2.24, 2.45) is 0 Å². The molecule has 2 N–H and O–H groups in total. The summed E-state index contributed by atoms with van der Waals surface area (Å²) in [6.07, 6.45) is 0.878. The third-order valence-corrected chi connectivity index (χ3v) is 8.86. The number of carbonyl (C=O) groups excluding carboxylic acids is 2. The number of hydrogen-bond donors (Lipinski definition) is 2. The fraction of sp³-hybridized carbons (Fsp3) is 0.235. The Labute approximate surface area is 258 Å². The van der Waals surface area contributed by atoms with Gasteiger partial charge in [-0.15, -0.1) is 0 Å². The molecule has 0 spiro atoms. The van der Waals surface area contributed by atoms with Gasteiger partial charge in [-0.25, -0.2) is 13.1 Å². The molecular formula is C34H36ClN3O4S. The van der Waals surface area contributed by atoms with E-state index in [2.05, 4.69) is 10.0 Å². The van der Waals surface area contributed by atoms with Gasteiger partial charge < -0.3 is 10.2 Å². The van der Waals surface area contributed by atoms with E-state index in [1.54, 1.807) is 48.2 Å². The molecule has 0 unspecified atom stereocenters. The van der Waals surface area contributed by atoms with Crippen LogP contribution in [0.5, 0.6) is 0 Å². The SMILES string of the molecule is CCNS(=O)(=O)c1ccc(CCC(=O)N(Cc2ccc(Cl)cc2)[C@@H](Cc2ccccc2)C(=O)NCc2ccccc2)cc1. The van der Waals surface area contributed by atoms with Crippen molar-refractivity contribution in [2.45, 2.75) is 50.2 Å². The number of aryl methyl sites for hydroxylation is 1. The van der Waals surface area contributed by atoms with Crippen molar-refractivity contribution < 1.29 is 18.0 Å². The van der Waals surface area contributed by atoms with Crippen molar-refractivity contribution in [1.82, 2.24) is 14.9 Å². The zero-order valence-corrected chi connectivity index (χ0v) is 25.7. The van der Waals surface area contributed by atoms with Gasteiger partial charge in [-0.05, 0) is 52.9 Å². The van der Waals surface area contributed by atoms with E-state index in [1.165, 1.54) is 0 Å². The summed E-state index contributed by atoms with van der Waals surface area (Å²) in [5.74, 6) is -0.428. The maximum absolute atomic E-state index is 13.9. The van der Waals surface area contributed by atoms with Crippen LogP contribution in [0.1, 0.15) is 35.6 Å². The summed E-state index contributed by atoms with van der Waals surface area (Å²) in [6, 6.07) is 32.3. The molecule has 0 aromatic heterocycles. The van der Waals surface area contributed by atoms with E-state index < -0.39 is 16.1 Å². The lowest BCUT2D eigenvalue weighted by atomic mass is 10.0. The monoisotopic (exact) mass is 617 g/mol. The number of hydrogen-bond acceptors (Lipinski definition) is 4. The third kappa shape index (κ3) is 9.51. The average molecular weight is 618 g/mol. The summed E-state index contributed by atoms with van der Waals surface area (Å²) < 4.78 is 27.1. The van der Waals surface area contributed by atoms with E-state index in [4.69, 9.17) is 11.6 Å². The summed E-state index contributed by atoms with van der Waals surface area (Å²) in [5, 5.41) is 3.62. The molecule has 1 atom stereocenters. The quantitative estimate of drug-likeness (QED) is 0.195. The molecule has 0 saturated heterocycles. The summed E-state index contributed by atoms with van der Waals surface area (Å²) in [7, 11) is -3.56. The molecule has 9 heteroatoms. The number of halogens is 1. The summed E-state index contributed by atoms with van der Waals surface area (Å²) >= 11 is 6.12. The van der Waals surface area contributed by atoms with Gasteiger partial charge in [0, 0.05) is 37.5 Å². The Bertz CT molecular complexity index is 1580. The fourth-order valence-electron chi connectivity index (χ4n) is 4.75. The van der Waals surface area contributed by atoms with Crippen molar-refractivity contribution in [1.29, 1.82) is 0 Å². The van der Waals surface area contributed by atoms with Gasteiger partial charge in [-0.1, -0.05) is 103 Å².